The van der Waals surface area contributed by atoms with Crippen molar-refractivity contribution in [2.24, 2.45) is 5.18 Å². The summed E-state index contributed by atoms with van der Waals surface area (Å²) in [7, 11) is 0. The molecule has 114 valence electrons. The molecule has 0 aromatic heterocycles. The highest BCUT2D eigenvalue weighted by Gasteiger charge is 2.08. The minimum absolute atomic E-state index is 0.348. The first kappa shape index (κ1) is 14.8. The zero-order chi connectivity index (χ0) is 16.1. The molecule has 0 aliphatic carbocycles. The van der Waals surface area contributed by atoms with Crippen LogP contribution < -0.4 is 10.5 Å². The Labute approximate surface area is 134 Å². The lowest BCUT2D eigenvalue weighted by molar-refractivity contribution is 0.306. The summed E-state index contributed by atoms with van der Waals surface area (Å²) in [5.74, 6) is 0.614. The molecular weight excluding hydrogens is 288 g/mol. The lowest BCUT2D eigenvalue weighted by atomic mass is 10.0. The fraction of sp³-hybridized carbons (Fsp3) is 0.0526. The number of hydrogen-bond donors (Lipinski definition) is 1. The zero-order valence-corrected chi connectivity index (χ0v) is 12.5. The van der Waals surface area contributed by atoms with Crippen molar-refractivity contribution in [2.75, 3.05) is 5.73 Å². The standard InChI is InChI=1S/C19H16N2O2/c20-16-8-6-15(7-9-16)18-11-10-17(12-19(18)21-22)23-13-14-4-2-1-3-5-14/h1-12H,13,20H2. The third-order valence-corrected chi connectivity index (χ3v) is 3.54. The van der Waals surface area contributed by atoms with Crippen LogP contribution in [-0.2, 0) is 6.61 Å². The summed E-state index contributed by atoms with van der Waals surface area (Å²) < 4.78 is 5.73. The number of rotatable bonds is 5. The molecule has 0 heterocycles. The predicted molar refractivity (Wildman–Crippen MR) is 92.5 cm³/mol. The van der Waals surface area contributed by atoms with Gasteiger partial charge in [-0.15, -0.1) is 4.91 Å². The van der Waals surface area contributed by atoms with E-state index in [0.29, 0.717) is 23.7 Å². The lowest BCUT2D eigenvalue weighted by Crippen LogP contribution is -1.95. The van der Waals surface area contributed by atoms with Gasteiger partial charge in [0.2, 0.25) is 0 Å². The Morgan fingerprint density at radius 3 is 2.35 bits per heavy atom. The average Bonchev–Trinajstić information content (AvgIpc) is 2.61. The number of hydrogen-bond acceptors (Lipinski definition) is 4. The van der Waals surface area contributed by atoms with E-state index in [-0.39, 0.29) is 0 Å². The summed E-state index contributed by atoms with van der Waals surface area (Å²) >= 11 is 0. The second kappa shape index (κ2) is 6.75. The molecule has 2 N–H and O–H groups in total. The molecule has 3 rings (SSSR count). The van der Waals surface area contributed by atoms with Crippen LogP contribution in [0.1, 0.15) is 5.56 Å². The smallest absolute Gasteiger partial charge is 0.122 e. The van der Waals surface area contributed by atoms with E-state index in [2.05, 4.69) is 5.18 Å². The van der Waals surface area contributed by atoms with Crippen LogP contribution >= 0.6 is 0 Å². The van der Waals surface area contributed by atoms with Gasteiger partial charge in [-0.05, 0) is 40.6 Å². The lowest BCUT2D eigenvalue weighted by Gasteiger charge is -2.09. The number of nitrogens with two attached hydrogens (primary N) is 1. The number of anilines is 1. The average molecular weight is 304 g/mol. The summed E-state index contributed by atoms with van der Waals surface area (Å²) in [6, 6.07) is 22.5. The van der Waals surface area contributed by atoms with Crippen molar-refractivity contribution in [3.8, 4) is 16.9 Å². The molecule has 0 amide bonds. The van der Waals surface area contributed by atoms with Crippen LogP contribution in [0, 0.1) is 4.91 Å². The Bertz CT molecular complexity index is 799. The number of nitrogen functional groups attached to an aromatic ring is 1. The highest BCUT2D eigenvalue weighted by molar-refractivity contribution is 5.77. The van der Waals surface area contributed by atoms with Gasteiger partial charge in [-0.25, -0.2) is 0 Å². The van der Waals surface area contributed by atoms with Gasteiger partial charge in [0.05, 0.1) is 0 Å². The molecule has 0 unspecified atom stereocenters. The molecule has 3 aromatic rings. The van der Waals surface area contributed by atoms with E-state index in [4.69, 9.17) is 10.5 Å². The van der Waals surface area contributed by atoms with Crippen molar-refractivity contribution in [1.29, 1.82) is 0 Å². The quantitative estimate of drug-likeness (QED) is 0.538. The van der Waals surface area contributed by atoms with Crippen molar-refractivity contribution in [2.45, 2.75) is 6.61 Å². The second-order valence-electron chi connectivity index (χ2n) is 5.17. The summed E-state index contributed by atoms with van der Waals surface area (Å²) in [6.45, 7) is 0.445. The molecule has 0 saturated carbocycles. The van der Waals surface area contributed by atoms with Crippen LogP contribution in [0.2, 0.25) is 0 Å². The monoisotopic (exact) mass is 304 g/mol. The van der Waals surface area contributed by atoms with E-state index in [0.717, 1.165) is 16.7 Å². The summed E-state index contributed by atoms with van der Waals surface area (Å²) in [5.41, 5.74) is 9.43. The summed E-state index contributed by atoms with van der Waals surface area (Å²) in [6.07, 6.45) is 0. The Balaban J connectivity index is 1.82. The van der Waals surface area contributed by atoms with Gasteiger partial charge >= 0.3 is 0 Å². The Morgan fingerprint density at radius 2 is 1.65 bits per heavy atom. The molecule has 4 heteroatoms. The molecule has 0 radical (unpaired) electrons. The van der Waals surface area contributed by atoms with Crippen LogP contribution in [-0.4, -0.2) is 0 Å². The summed E-state index contributed by atoms with van der Waals surface area (Å²) in [5, 5.41) is 3.12. The van der Waals surface area contributed by atoms with E-state index >= 15 is 0 Å². The molecule has 0 aliphatic rings. The fourth-order valence-corrected chi connectivity index (χ4v) is 2.32. The highest BCUT2D eigenvalue weighted by atomic mass is 16.5. The second-order valence-corrected chi connectivity index (χ2v) is 5.17. The van der Waals surface area contributed by atoms with Gasteiger partial charge in [-0.2, -0.15) is 0 Å². The molecule has 0 bridgehead atoms. The summed E-state index contributed by atoms with van der Waals surface area (Å²) in [4.78, 5) is 11.2. The molecule has 3 aromatic carbocycles. The van der Waals surface area contributed by atoms with E-state index in [1.165, 1.54) is 0 Å². The largest absolute Gasteiger partial charge is 0.489 e. The van der Waals surface area contributed by atoms with Gasteiger partial charge in [-0.3, -0.25) is 0 Å². The maximum atomic E-state index is 11.2. The Morgan fingerprint density at radius 1 is 0.913 bits per heavy atom. The number of nitrogens with zero attached hydrogens (tertiary/aromatic N) is 1. The first-order chi connectivity index (χ1) is 11.3. The molecule has 23 heavy (non-hydrogen) atoms. The Hall–Kier alpha value is -3.14. The molecule has 0 aliphatic heterocycles. The van der Waals surface area contributed by atoms with Gasteiger partial charge in [0.1, 0.15) is 18.0 Å². The van der Waals surface area contributed by atoms with E-state index in [1.807, 2.05) is 54.6 Å². The first-order valence-corrected chi connectivity index (χ1v) is 7.26. The highest BCUT2D eigenvalue weighted by Crippen LogP contribution is 2.34. The third kappa shape index (κ3) is 3.55. The topological polar surface area (TPSA) is 64.7 Å². The molecule has 0 spiro atoms. The molecule has 0 fully saturated rings. The maximum absolute atomic E-state index is 11.2. The molecule has 4 nitrogen and oxygen atoms in total. The van der Waals surface area contributed by atoms with Crippen LogP contribution in [0.3, 0.4) is 0 Å². The van der Waals surface area contributed by atoms with Gasteiger partial charge in [0.25, 0.3) is 0 Å². The van der Waals surface area contributed by atoms with Crippen molar-refractivity contribution < 1.29 is 4.74 Å². The van der Waals surface area contributed by atoms with E-state index in [9.17, 15) is 4.91 Å². The van der Waals surface area contributed by atoms with Gasteiger partial charge in [-0.1, -0.05) is 42.5 Å². The van der Waals surface area contributed by atoms with Gasteiger partial charge in [0, 0.05) is 17.3 Å². The first-order valence-electron chi connectivity index (χ1n) is 7.26. The van der Waals surface area contributed by atoms with Crippen molar-refractivity contribution >= 4 is 11.4 Å². The fourth-order valence-electron chi connectivity index (χ4n) is 2.32. The van der Waals surface area contributed by atoms with E-state index in [1.54, 1.807) is 18.2 Å². The third-order valence-electron chi connectivity index (χ3n) is 3.54. The normalized spacial score (nSPS) is 10.3. The van der Waals surface area contributed by atoms with Gasteiger partial charge < -0.3 is 10.5 Å². The minimum Gasteiger partial charge on any atom is -0.489 e. The number of nitroso groups, excluding NO2 is 1. The minimum atomic E-state index is 0.348. The van der Waals surface area contributed by atoms with Crippen molar-refractivity contribution in [1.82, 2.24) is 0 Å². The van der Waals surface area contributed by atoms with Crippen molar-refractivity contribution in [3.05, 3.63) is 83.3 Å². The Kier molecular flexibility index (Phi) is 4.34. The predicted octanol–water partition coefficient (Wildman–Crippen LogP) is 4.91. The molecule has 0 saturated heterocycles. The van der Waals surface area contributed by atoms with Crippen LogP contribution in [0.15, 0.2) is 78.0 Å². The zero-order valence-electron chi connectivity index (χ0n) is 12.5. The number of benzene rings is 3. The van der Waals surface area contributed by atoms with Crippen LogP contribution in [0.5, 0.6) is 5.75 Å². The molecule has 0 atom stereocenters. The molecular formula is C19H16N2O2. The number of ether oxygens (including phenoxy) is 1. The SMILES string of the molecule is Nc1ccc(-c2ccc(OCc3ccccc3)cc2N=O)cc1. The van der Waals surface area contributed by atoms with Gasteiger partial charge in [0.15, 0.2) is 0 Å². The van der Waals surface area contributed by atoms with E-state index < -0.39 is 0 Å². The van der Waals surface area contributed by atoms with Crippen molar-refractivity contribution in [3.63, 3.8) is 0 Å². The van der Waals surface area contributed by atoms with Crippen LogP contribution in [0.4, 0.5) is 11.4 Å². The van der Waals surface area contributed by atoms with Crippen LogP contribution in [0.25, 0.3) is 11.1 Å². The maximum Gasteiger partial charge on any atom is 0.122 e.